The zero-order chi connectivity index (χ0) is 15.4. The first-order valence-corrected chi connectivity index (χ1v) is 8.08. The molecule has 3 fully saturated rings. The molecule has 2 aromatic carbocycles. The van der Waals surface area contributed by atoms with Crippen molar-refractivity contribution >= 4 is 0 Å². The minimum absolute atomic E-state index is 0.0112. The fraction of sp³-hybridized carbons (Fsp3) is 0.400. The third kappa shape index (κ3) is 2.01. The van der Waals surface area contributed by atoms with E-state index in [1.54, 1.807) is 24.3 Å². The summed E-state index contributed by atoms with van der Waals surface area (Å²) in [4.78, 5) is 0. The summed E-state index contributed by atoms with van der Waals surface area (Å²) in [5, 5.41) is 19.2. The quantitative estimate of drug-likeness (QED) is 0.850. The van der Waals surface area contributed by atoms with Crippen molar-refractivity contribution in [1.29, 1.82) is 0 Å². The Kier molecular flexibility index (Phi) is 2.81. The molecule has 0 spiro atoms. The Balaban J connectivity index is 1.84. The van der Waals surface area contributed by atoms with Crippen LogP contribution in [0.5, 0.6) is 11.5 Å². The van der Waals surface area contributed by atoms with Gasteiger partial charge in [0.15, 0.2) is 0 Å². The van der Waals surface area contributed by atoms with E-state index in [1.807, 2.05) is 0 Å². The van der Waals surface area contributed by atoms with E-state index in [1.165, 1.54) is 24.0 Å². The molecule has 22 heavy (non-hydrogen) atoms. The van der Waals surface area contributed by atoms with Crippen molar-refractivity contribution in [2.45, 2.75) is 38.0 Å². The average molecular weight is 294 g/mol. The Hall–Kier alpha value is -1.96. The van der Waals surface area contributed by atoms with Crippen molar-refractivity contribution in [2.24, 2.45) is 11.3 Å². The van der Waals surface area contributed by atoms with E-state index in [-0.39, 0.29) is 5.41 Å². The lowest BCUT2D eigenvalue weighted by Crippen LogP contribution is -2.50. The van der Waals surface area contributed by atoms with Crippen LogP contribution in [0.3, 0.4) is 0 Å². The Labute approximate surface area is 131 Å². The lowest BCUT2D eigenvalue weighted by atomic mass is 9.45. The summed E-state index contributed by atoms with van der Waals surface area (Å²) >= 11 is 0. The summed E-state index contributed by atoms with van der Waals surface area (Å²) in [7, 11) is 0. The smallest absolute Gasteiger partial charge is 0.115 e. The highest BCUT2D eigenvalue weighted by atomic mass is 16.3. The molecule has 2 N–H and O–H groups in total. The van der Waals surface area contributed by atoms with Crippen LogP contribution in [0.2, 0.25) is 0 Å². The molecule has 2 nitrogen and oxygen atoms in total. The Bertz CT molecular complexity index is 633. The second-order valence-electron chi connectivity index (χ2n) is 7.64. The van der Waals surface area contributed by atoms with Gasteiger partial charge < -0.3 is 10.2 Å². The van der Waals surface area contributed by atoms with Crippen molar-refractivity contribution < 1.29 is 10.2 Å². The molecule has 2 aromatic rings. The second kappa shape index (κ2) is 4.52. The van der Waals surface area contributed by atoms with Gasteiger partial charge in [-0.3, -0.25) is 0 Å². The molecule has 2 heteroatoms. The van der Waals surface area contributed by atoms with Crippen LogP contribution in [0.25, 0.3) is 0 Å². The second-order valence-corrected chi connectivity index (χ2v) is 7.64. The third-order valence-electron chi connectivity index (χ3n) is 5.77. The molecule has 0 atom stereocenters. The highest BCUT2D eigenvalue weighted by molar-refractivity contribution is 5.44. The predicted molar refractivity (Wildman–Crippen MR) is 87.1 cm³/mol. The molecule has 0 saturated heterocycles. The number of hydrogen-bond donors (Lipinski definition) is 2. The fourth-order valence-electron chi connectivity index (χ4n) is 5.08. The molecular weight excluding hydrogens is 272 g/mol. The van der Waals surface area contributed by atoms with Crippen LogP contribution in [0.15, 0.2) is 48.5 Å². The minimum Gasteiger partial charge on any atom is -0.508 e. The minimum atomic E-state index is 0.0112. The summed E-state index contributed by atoms with van der Waals surface area (Å²) in [5.74, 6) is 1.43. The molecule has 0 radical (unpaired) electrons. The van der Waals surface area contributed by atoms with Gasteiger partial charge in [-0.1, -0.05) is 31.2 Å². The van der Waals surface area contributed by atoms with E-state index in [9.17, 15) is 10.2 Å². The van der Waals surface area contributed by atoms with Gasteiger partial charge in [0.1, 0.15) is 11.5 Å². The van der Waals surface area contributed by atoms with Gasteiger partial charge in [-0.2, -0.15) is 0 Å². The number of phenolic OH excluding ortho intramolecular Hbond substituents is 2. The SMILES string of the molecule is CC12CC(C1)CC(c1ccc(O)cc1)(c1ccc(O)cc1)C2. The topological polar surface area (TPSA) is 40.5 Å². The molecular formula is C20H22O2. The molecule has 0 unspecified atom stereocenters. The van der Waals surface area contributed by atoms with Crippen molar-refractivity contribution in [3.05, 3.63) is 59.7 Å². The first kappa shape index (κ1) is 13.7. The van der Waals surface area contributed by atoms with Crippen LogP contribution in [-0.4, -0.2) is 10.2 Å². The molecule has 3 aliphatic rings. The summed E-state index contributed by atoms with van der Waals surface area (Å²) < 4.78 is 0. The Morgan fingerprint density at radius 3 is 1.64 bits per heavy atom. The number of phenols is 2. The van der Waals surface area contributed by atoms with Gasteiger partial charge >= 0.3 is 0 Å². The molecule has 2 bridgehead atoms. The van der Waals surface area contributed by atoms with Gasteiger partial charge in [0.05, 0.1) is 0 Å². The highest BCUT2D eigenvalue weighted by Crippen LogP contribution is 2.64. The zero-order valence-corrected chi connectivity index (χ0v) is 12.9. The van der Waals surface area contributed by atoms with E-state index < -0.39 is 0 Å². The van der Waals surface area contributed by atoms with Crippen molar-refractivity contribution in [1.82, 2.24) is 0 Å². The van der Waals surface area contributed by atoms with Crippen molar-refractivity contribution in [3.8, 4) is 11.5 Å². The van der Waals surface area contributed by atoms with Crippen molar-refractivity contribution in [2.75, 3.05) is 0 Å². The average Bonchev–Trinajstić information content (AvgIpc) is 2.47. The van der Waals surface area contributed by atoms with E-state index in [0.29, 0.717) is 16.9 Å². The summed E-state index contributed by atoms with van der Waals surface area (Å²) in [6.07, 6.45) is 4.99. The standard InChI is InChI=1S/C20H22O2/c1-19-10-14(11-19)12-20(13-19,15-2-6-17(21)7-3-15)16-4-8-18(22)9-5-16/h2-9,14,21-22H,10-13H2,1H3. The number of aromatic hydroxyl groups is 2. The van der Waals surface area contributed by atoms with Crippen molar-refractivity contribution in [3.63, 3.8) is 0 Å². The lowest BCUT2D eigenvalue weighted by molar-refractivity contribution is -0.0261. The van der Waals surface area contributed by atoms with E-state index in [4.69, 9.17) is 0 Å². The predicted octanol–water partition coefficient (Wildman–Crippen LogP) is 4.59. The van der Waals surface area contributed by atoms with E-state index >= 15 is 0 Å². The van der Waals surface area contributed by atoms with Crippen LogP contribution >= 0.6 is 0 Å². The van der Waals surface area contributed by atoms with Crippen LogP contribution in [0.4, 0.5) is 0 Å². The van der Waals surface area contributed by atoms with Gasteiger partial charge in [0.2, 0.25) is 0 Å². The van der Waals surface area contributed by atoms with Gasteiger partial charge in [-0.15, -0.1) is 0 Å². The van der Waals surface area contributed by atoms with Gasteiger partial charge in [-0.05, 0) is 72.4 Å². The van der Waals surface area contributed by atoms with Crippen LogP contribution in [0, 0.1) is 11.3 Å². The molecule has 3 aliphatic carbocycles. The fourth-order valence-corrected chi connectivity index (χ4v) is 5.08. The Morgan fingerprint density at radius 1 is 0.773 bits per heavy atom. The maximum atomic E-state index is 9.62. The molecule has 5 rings (SSSR count). The van der Waals surface area contributed by atoms with E-state index in [2.05, 4.69) is 31.2 Å². The molecule has 0 heterocycles. The summed E-state index contributed by atoms with van der Waals surface area (Å²) in [6.45, 7) is 2.40. The molecule has 0 amide bonds. The maximum Gasteiger partial charge on any atom is 0.115 e. The van der Waals surface area contributed by atoms with Crippen LogP contribution < -0.4 is 0 Å². The van der Waals surface area contributed by atoms with Crippen LogP contribution in [-0.2, 0) is 5.41 Å². The first-order chi connectivity index (χ1) is 10.5. The molecule has 0 aromatic heterocycles. The Morgan fingerprint density at radius 2 is 1.23 bits per heavy atom. The number of rotatable bonds is 2. The van der Waals surface area contributed by atoms with Crippen LogP contribution in [0.1, 0.15) is 43.7 Å². The monoisotopic (exact) mass is 294 g/mol. The number of hydrogen-bond acceptors (Lipinski definition) is 2. The number of fused-ring (bicyclic) bond motifs is 2. The summed E-state index contributed by atoms with van der Waals surface area (Å²) in [6, 6.07) is 15.4. The maximum absolute atomic E-state index is 9.62. The van der Waals surface area contributed by atoms with Gasteiger partial charge in [0, 0.05) is 5.41 Å². The number of benzene rings is 2. The largest absolute Gasteiger partial charge is 0.508 e. The van der Waals surface area contributed by atoms with Gasteiger partial charge in [-0.25, -0.2) is 0 Å². The van der Waals surface area contributed by atoms with E-state index in [0.717, 1.165) is 18.8 Å². The normalized spacial score (nSPS) is 28.9. The molecule has 114 valence electrons. The zero-order valence-electron chi connectivity index (χ0n) is 12.9. The molecule has 0 aliphatic heterocycles. The molecule has 3 saturated carbocycles. The third-order valence-corrected chi connectivity index (χ3v) is 5.77. The highest BCUT2D eigenvalue weighted by Gasteiger charge is 2.54. The van der Waals surface area contributed by atoms with Gasteiger partial charge in [0.25, 0.3) is 0 Å². The lowest BCUT2D eigenvalue weighted by Gasteiger charge is -2.59. The first-order valence-electron chi connectivity index (χ1n) is 8.08. The summed E-state index contributed by atoms with van der Waals surface area (Å²) in [5.41, 5.74) is 3.01.